The Morgan fingerprint density at radius 1 is 1.21 bits per heavy atom. The Balaban J connectivity index is 1.42. The zero-order valence-electron chi connectivity index (χ0n) is 15.4. The highest BCUT2D eigenvalue weighted by molar-refractivity contribution is 6.06. The largest absolute Gasteiger partial charge is 0.454 e. The molecule has 3 rings (SSSR count). The molecular formula is C18H20N4O6. The number of hydrazine groups is 1. The number of ether oxygens (including phenoxy) is 2. The summed E-state index contributed by atoms with van der Waals surface area (Å²) >= 11 is 0. The summed E-state index contributed by atoms with van der Waals surface area (Å²) in [5.41, 5.74) is 4.21. The van der Waals surface area contributed by atoms with Gasteiger partial charge in [-0.2, -0.15) is 0 Å². The predicted octanol–water partition coefficient (Wildman–Crippen LogP) is 0.296. The first-order valence-corrected chi connectivity index (χ1v) is 8.57. The Morgan fingerprint density at radius 3 is 2.68 bits per heavy atom. The second-order valence-electron chi connectivity index (χ2n) is 6.75. The molecular weight excluding hydrogens is 368 g/mol. The Hall–Kier alpha value is -3.56. The van der Waals surface area contributed by atoms with E-state index >= 15 is 0 Å². The number of nitrogens with one attached hydrogen (secondary N) is 3. The maximum atomic E-state index is 12.0. The summed E-state index contributed by atoms with van der Waals surface area (Å²) in [5, 5.41) is 2.52. The first kappa shape index (κ1) is 19.2. The van der Waals surface area contributed by atoms with Gasteiger partial charge in [0, 0.05) is 19.0 Å². The van der Waals surface area contributed by atoms with Gasteiger partial charge in [-0.15, -0.1) is 0 Å². The lowest BCUT2D eigenvalue weighted by Gasteiger charge is -2.15. The second-order valence-corrected chi connectivity index (χ2v) is 6.75. The van der Waals surface area contributed by atoms with E-state index < -0.39 is 29.3 Å². The summed E-state index contributed by atoms with van der Waals surface area (Å²) in [6.07, 6.45) is 2.66. The quantitative estimate of drug-likeness (QED) is 0.378. The van der Waals surface area contributed by atoms with Crippen LogP contribution in [0.2, 0.25) is 0 Å². The van der Waals surface area contributed by atoms with Crippen molar-refractivity contribution in [3.8, 4) is 11.5 Å². The summed E-state index contributed by atoms with van der Waals surface area (Å²) in [6, 6.07) is 4.68. The van der Waals surface area contributed by atoms with Crippen LogP contribution in [0.1, 0.15) is 25.8 Å². The predicted molar refractivity (Wildman–Crippen MR) is 96.8 cm³/mol. The molecule has 1 saturated heterocycles. The molecule has 0 aromatic heterocycles. The maximum absolute atomic E-state index is 12.0. The van der Waals surface area contributed by atoms with E-state index in [1.54, 1.807) is 38.1 Å². The lowest BCUT2D eigenvalue weighted by molar-refractivity contribution is -0.131. The fourth-order valence-electron chi connectivity index (χ4n) is 2.66. The molecule has 0 unspecified atom stereocenters. The fourth-order valence-corrected chi connectivity index (χ4v) is 2.66. The van der Waals surface area contributed by atoms with Gasteiger partial charge in [-0.25, -0.2) is 4.79 Å². The van der Waals surface area contributed by atoms with E-state index in [0.29, 0.717) is 11.5 Å². The zero-order chi connectivity index (χ0) is 20.3. The molecule has 0 aliphatic carbocycles. The van der Waals surface area contributed by atoms with Crippen LogP contribution in [-0.4, -0.2) is 47.5 Å². The monoisotopic (exact) mass is 388 g/mol. The van der Waals surface area contributed by atoms with Gasteiger partial charge in [-0.05, 0) is 37.6 Å². The van der Waals surface area contributed by atoms with Gasteiger partial charge in [-0.3, -0.25) is 30.1 Å². The summed E-state index contributed by atoms with van der Waals surface area (Å²) in [4.78, 5) is 48.4. The van der Waals surface area contributed by atoms with Gasteiger partial charge in [0.25, 0.3) is 11.8 Å². The van der Waals surface area contributed by atoms with Crippen molar-refractivity contribution in [1.82, 2.24) is 21.1 Å². The van der Waals surface area contributed by atoms with Gasteiger partial charge in [0.15, 0.2) is 11.5 Å². The molecule has 10 heteroatoms. The number of amides is 5. The highest BCUT2D eigenvalue weighted by Gasteiger charge is 2.43. The topological polar surface area (TPSA) is 126 Å². The lowest BCUT2D eigenvalue weighted by atomic mass is 10.1. The minimum absolute atomic E-state index is 0.0805. The van der Waals surface area contributed by atoms with Crippen molar-refractivity contribution in [1.29, 1.82) is 0 Å². The number of carbonyl (C=O) groups is 4. The maximum Gasteiger partial charge on any atom is 0.325 e. The highest BCUT2D eigenvalue weighted by atomic mass is 16.7. The molecule has 0 atom stereocenters. The SMILES string of the molecule is CC1(C)NC(=O)N(CCC(=O)NNC(=O)/C=C/c2ccc3c(c2)OCO3)C1=O. The third-order valence-electron chi connectivity index (χ3n) is 4.16. The molecule has 2 heterocycles. The molecule has 0 spiro atoms. The molecule has 1 fully saturated rings. The molecule has 2 aliphatic heterocycles. The molecule has 10 nitrogen and oxygen atoms in total. The number of rotatable bonds is 5. The van der Waals surface area contributed by atoms with Gasteiger partial charge in [0.05, 0.1) is 0 Å². The molecule has 148 valence electrons. The molecule has 1 aromatic rings. The van der Waals surface area contributed by atoms with E-state index in [9.17, 15) is 19.2 Å². The van der Waals surface area contributed by atoms with Gasteiger partial charge in [0.1, 0.15) is 5.54 Å². The van der Waals surface area contributed by atoms with Crippen LogP contribution in [0.15, 0.2) is 24.3 Å². The molecule has 0 bridgehead atoms. The Kier molecular flexibility index (Phi) is 5.21. The lowest BCUT2D eigenvalue weighted by Crippen LogP contribution is -2.43. The van der Waals surface area contributed by atoms with Crippen molar-refractivity contribution < 1.29 is 28.7 Å². The minimum Gasteiger partial charge on any atom is -0.454 e. The number of benzene rings is 1. The first-order chi connectivity index (χ1) is 13.3. The minimum atomic E-state index is -0.985. The Morgan fingerprint density at radius 2 is 1.96 bits per heavy atom. The standard InChI is InChI=1S/C18H20N4O6/c1-18(2)16(25)22(17(26)19-18)8-7-15(24)21-20-14(23)6-4-11-3-5-12-13(9-11)28-10-27-12/h3-6,9H,7-8,10H2,1-2H3,(H,19,26)(H,20,23)(H,21,24)/b6-4+. The third kappa shape index (κ3) is 4.22. The number of nitrogens with zero attached hydrogens (tertiary/aromatic N) is 1. The van der Waals surface area contributed by atoms with E-state index in [2.05, 4.69) is 16.2 Å². The summed E-state index contributed by atoms with van der Waals surface area (Å²) in [7, 11) is 0. The van der Waals surface area contributed by atoms with Crippen molar-refractivity contribution in [3.63, 3.8) is 0 Å². The summed E-state index contributed by atoms with van der Waals surface area (Å²) in [6.45, 7) is 3.25. The van der Waals surface area contributed by atoms with E-state index in [0.717, 1.165) is 10.5 Å². The van der Waals surface area contributed by atoms with Crippen LogP contribution in [0.3, 0.4) is 0 Å². The van der Waals surface area contributed by atoms with E-state index in [-0.39, 0.29) is 19.8 Å². The average Bonchev–Trinajstić information content (AvgIpc) is 3.18. The summed E-state index contributed by atoms with van der Waals surface area (Å²) < 4.78 is 10.5. The van der Waals surface area contributed by atoms with Crippen molar-refractivity contribution in [3.05, 3.63) is 29.8 Å². The number of hydrogen-bond acceptors (Lipinski definition) is 6. The molecule has 5 amide bonds. The van der Waals surface area contributed by atoms with Crippen LogP contribution in [0.5, 0.6) is 11.5 Å². The average molecular weight is 388 g/mol. The first-order valence-electron chi connectivity index (χ1n) is 8.57. The molecule has 0 saturated carbocycles. The van der Waals surface area contributed by atoms with Crippen LogP contribution >= 0.6 is 0 Å². The van der Waals surface area contributed by atoms with Crippen LogP contribution in [0.4, 0.5) is 4.79 Å². The van der Waals surface area contributed by atoms with Gasteiger partial charge in [0.2, 0.25) is 12.7 Å². The Labute approximate surface area is 160 Å². The van der Waals surface area contributed by atoms with Crippen molar-refractivity contribution in [2.75, 3.05) is 13.3 Å². The number of hydrogen-bond donors (Lipinski definition) is 3. The molecule has 2 aliphatic rings. The number of imide groups is 1. The van der Waals surface area contributed by atoms with E-state index in [4.69, 9.17) is 9.47 Å². The smallest absolute Gasteiger partial charge is 0.325 e. The van der Waals surface area contributed by atoms with Crippen LogP contribution in [0, 0.1) is 0 Å². The van der Waals surface area contributed by atoms with Gasteiger partial charge in [-0.1, -0.05) is 6.07 Å². The van der Waals surface area contributed by atoms with Crippen LogP contribution in [0.25, 0.3) is 6.08 Å². The molecule has 0 radical (unpaired) electrons. The fraction of sp³-hybridized carbons (Fsp3) is 0.333. The number of urea groups is 1. The van der Waals surface area contributed by atoms with Crippen LogP contribution in [-0.2, 0) is 14.4 Å². The van der Waals surface area contributed by atoms with Crippen molar-refractivity contribution >= 4 is 29.8 Å². The second kappa shape index (κ2) is 7.59. The third-order valence-corrected chi connectivity index (χ3v) is 4.16. The Bertz CT molecular complexity index is 864. The molecule has 28 heavy (non-hydrogen) atoms. The van der Waals surface area contributed by atoms with Gasteiger partial charge < -0.3 is 14.8 Å². The number of fused-ring (bicyclic) bond motifs is 1. The molecule has 1 aromatic carbocycles. The van der Waals surface area contributed by atoms with E-state index in [1.807, 2.05) is 0 Å². The van der Waals surface area contributed by atoms with Crippen molar-refractivity contribution in [2.45, 2.75) is 25.8 Å². The van der Waals surface area contributed by atoms with Crippen molar-refractivity contribution in [2.24, 2.45) is 0 Å². The molecule has 3 N–H and O–H groups in total. The van der Waals surface area contributed by atoms with E-state index in [1.165, 1.54) is 6.08 Å². The van der Waals surface area contributed by atoms with Gasteiger partial charge >= 0.3 is 6.03 Å². The van der Waals surface area contributed by atoms with Crippen LogP contribution < -0.4 is 25.6 Å². The zero-order valence-corrected chi connectivity index (χ0v) is 15.4. The number of carbonyl (C=O) groups excluding carboxylic acids is 4. The highest BCUT2D eigenvalue weighted by Crippen LogP contribution is 2.32. The normalized spacial score (nSPS) is 17.0. The summed E-state index contributed by atoms with van der Waals surface area (Å²) in [5.74, 6) is -0.236.